The van der Waals surface area contributed by atoms with Crippen molar-refractivity contribution in [1.82, 2.24) is 5.32 Å². The van der Waals surface area contributed by atoms with Crippen molar-refractivity contribution >= 4 is 0 Å². The van der Waals surface area contributed by atoms with Gasteiger partial charge in [-0.15, -0.1) is 0 Å². The molecule has 1 saturated carbocycles. The van der Waals surface area contributed by atoms with Crippen molar-refractivity contribution in [2.24, 2.45) is 5.92 Å². The first kappa shape index (κ1) is 14.6. The third-order valence-corrected chi connectivity index (χ3v) is 4.52. The summed E-state index contributed by atoms with van der Waals surface area (Å²) in [4.78, 5) is 0. The molecule has 1 aromatic rings. The van der Waals surface area contributed by atoms with Gasteiger partial charge in [0.05, 0.1) is 0 Å². The number of rotatable bonds is 5. The highest BCUT2D eigenvalue weighted by Gasteiger charge is 2.14. The van der Waals surface area contributed by atoms with Crippen LogP contribution in [0.15, 0.2) is 24.3 Å². The van der Waals surface area contributed by atoms with Gasteiger partial charge >= 0.3 is 0 Å². The van der Waals surface area contributed by atoms with Gasteiger partial charge in [0.15, 0.2) is 0 Å². The minimum atomic E-state index is 0.531. The molecule has 106 valence electrons. The van der Waals surface area contributed by atoms with E-state index in [1.54, 1.807) is 0 Å². The molecule has 1 N–H and O–H groups in total. The van der Waals surface area contributed by atoms with Crippen LogP contribution in [0.5, 0.6) is 0 Å². The number of hydrogen-bond donors (Lipinski definition) is 1. The Hall–Kier alpha value is -0.820. The van der Waals surface area contributed by atoms with Gasteiger partial charge in [-0.05, 0) is 44.2 Å². The molecule has 0 radical (unpaired) electrons. The lowest BCUT2D eigenvalue weighted by atomic mass is 9.98. The standard InChI is InChI=1S/C18H29N/c1-3-18(17-12-10-15(2)11-13-17)19-14-16-8-6-4-5-7-9-16/h10-13,16,18-19H,3-9,14H2,1-2H3. The van der Waals surface area contributed by atoms with Crippen LogP contribution >= 0.6 is 0 Å². The molecule has 0 bridgehead atoms. The number of aryl methyl sites for hydroxylation is 1. The maximum atomic E-state index is 3.80. The third kappa shape index (κ3) is 4.65. The minimum Gasteiger partial charge on any atom is -0.310 e. The normalized spacial score (nSPS) is 19.1. The molecule has 0 aromatic heterocycles. The van der Waals surface area contributed by atoms with E-state index in [-0.39, 0.29) is 0 Å². The van der Waals surface area contributed by atoms with Gasteiger partial charge in [0.2, 0.25) is 0 Å². The molecule has 19 heavy (non-hydrogen) atoms. The lowest BCUT2D eigenvalue weighted by Gasteiger charge is -2.22. The average molecular weight is 259 g/mol. The molecular formula is C18H29N. The highest BCUT2D eigenvalue weighted by atomic mass is 14.9. The van der Waals surface area contributed by atoms with Crippen LogP contribution in [0, 0.1) is 12.8 Å². The largest absolute Gasteiger partial charge is 0.310 e. The molecule has 2 rings (SSSR count). The molecule has 1 aliphatic rings. The van der Waals surface area contributed by atoms with E-state index in [4.69, 9.17) is 0 Å². The fourth-order valence-electron chi connectivity index (χ4n) is 3.17. The van der Waals surface area contributed by atoms with Crippen molar-refractivity contribution < 1.29 is 0 Å². The summed E-state index contributed by atoms with van der Waals surface area (Å²) in [6.45, 7) is 5.64. The summed E-state index contributed by atoms with van der Waals surface area (Å²) in [5.41, 5.74) is 2.80. The second-order valence-electron chi connectivity index (χ2n) is 6.14. The highest BCUT2D eigenvalue weighted by Crippen LogP contribution is 2.24. The molecule has 1 unspecified atom stereocenters. The number of benzene rings is 1. The van der Waals surface area contributed by atoms with Gasteiger partial charge in [-0.1, -0.05) is 62.4 Å². The lowest BCUT2D eigenvalue weighted by Crippen LogP contribution is -2.27. The topological polar surface area (TPSA) is 12.0 Å². The summed E-state index contributed by atoms with van der Waals surface area (Å²) >= 11 is 0. The van der Waals surface area contributed by atoms with Gasteiger partial charge in [0.1, 0.15) is 0 Å². The minimum absolute atomic E-state index is 0.531. The Kier molecular flexibility index (Phi) is 5.91. The van der Waals surface area contributed by atoms with E-state index in [0.717, 1.165) is 5.92 Å². The SMILES string of the molecule is CCC(NCC1CCCCCC1)c1ccc(C)cc1. The van der Waals surface area contributed by atoms with Crippen molar-refractivity contribution in [2.75, 3.05) is 6.54 Å². The van der Waals surface area contributed by atoms with Crippen molar-refractivity contribution in [2.45, 2.75) is 64.8 Å². The van der Waals surface area contributed by atoms with Crippen LogP contribution in [0.2, 0.25) is 0 Å². The zero-order valence-electron chi connectivity index (χ0n) is 12.6. The molecule has 0 aliphatic heterocycles. The van der Waals surface area contributed by atoms with Crippen LogP contribution in [-0.4, -0.2) is 6.54 Å². The fraction of sp³-hybridized carbons (Fsp3) is 0.667. The van der Waals surface area contributed by atoms with Gasteiger partial charge in [0.25, 0.3) is 0 Å². The molecule has 1 fully saturated rings. The average Bonchev–Trinajstić information content (AvgIpc) is 2.70. The Morgan fingerprint density at radius 2 is 1.68 bits per heavy atom. The van der Waals surface area contributed by atoms with Gasteiger partial charge in [-0.3, -0.25) is 0 Å². The van der Waals surface area contributed by atoms with Gasteiger partial charge in [0, 0.05) is 6.04 Å². The van der Waals surface area contributed by atoms with E-state index in [1.165, 1.54) is 62.6 Å². The summed E-state index contributed by atoms with van der Waals surface area (Å²) in [6, 6.07) is 9.55. The first-order valence-electron chi connectivity index (χ1n) is 8.09. The first-order chi connectivity index (χ1) is 9.29. The predicted molar refractivity (Wildman–Crippen MR) is 83.4 cm³/mol. The first-order valence-corrected chi connectivity index (χ1v) is 8.09. The van der Waals surface area contributed by atoms with Crippen LogP contribution in [0.1, 0.15) is 69.0 Å². The van der Waals surface area contributed by atoms with E-state index in [9.17, 15) is 0 Å². The van der Waals surface area contributed by atoms with Crippen molar-refractivity contribution in [3.8, 4) is 0 Å². The lowest BCUT2D eigenvalue weighted by molar-refractivity contribution is 0.390. The van der Waals surface area contributed by atoms with Crippen LogP contribution in [0.4, 0.5) is 0 Å². The smallest absolute Gasteiger partial charge is 0.0317 e. The molecule has 1 atom stereocenters. The predicted octanol–water partition coefficient (Wildman–Crippen LogP) is 5.01. The van der Waals surface area contributed by atoms with Crippen LogP contribution < -0.4 is 5.32 Å². The Morgan fingerprint density at radius 1 is 1.05 bits per heavy atom. The van der Waals surface area contributed by atoms with E-state index < -0.39 is 0 Å². The van der Waals surface area contributed by atoms with Gasteiger partial charge in [-0.2, -0.15) is 0 Å². The summed E-state index contributed by atoms with van der Waals surface area (Å²) in [5.74, 6) is 0.905. The maximum Gasteiger partial charge on any atom is 0.0317 e. The monoisotopic (exact) mass is 259 g/mol. The molecule has 0 heterocycles. The van der Waals surface area contributed by atoms with Gasteiger partial charge < -0.3 is 5.32 Å². The molecule has 0 amide bonds. The van der Waals surface area contributed by atoms with Crippen molar-refractivity contribution in [3.05, 3.63) is 35.4 Å². The Morgan fingerprint density at radius 3 is 2.26 bits per heavy atom. The molecule has 1 heteroatoms. The van der Waals surface area contributed by atoms with Crippen LogP contribution in [-0.2, 0) is 0 Å². The summed E-state index contributed by atoms with van der Waals surface area (Å²) < 4.78 is 0. The van der Waals surface area contributed by atoms with E-state index in [2.05, 4.69) is 43.4 Å². The fourth-order valence-corrected chi connectivity index (χ4v) is 3.17. The van der Waals surface area contributed by atoms with E-state index in [0.29, 0.717) is 6.04 Å². The Bertz CT molecular complexity index is 346. The Balaban J connectivity index is 1.86. The Labute approximate surface area is 118 Å². The van der Waals surface area contributed by atoms with Gasteiger partial charge in [-0.25, -0.2) is 0 Å². The highest BCUT2D eigenvalue weighted by molar-refractivity contribution is 5.24. The molecule has 0 spiro atoms. The number of hydrogen-bond acceptors (Lipinski definition) is 1. The van der Waals surface area contributed by atoms with Crippen LogP contribution in [0.3, 0.4) is 0 Å². The molecule has 1 nitrogen and oxygen atoms in total. The second kappa shape index (κ2) is 7.69. The number of nitrogens with one attached hydrogen (secondary N) is 1. The van der Waals surface area contributed by atoms with Crippen LogP contribution in [0.25, 0.3) is 0 Å². The van der Waals surface area contributed by atoms with E-state index >= 15 is 0 Å². The molecule has 0 saturated heterocycles. The maximum absolute atomic E-state index is 3.80. The van der Waals surface area contributed by atoms with Crippen molar-refractivity contribution in [3.63, 3.8) is 0 Å². The summed E-state index contributed by atoms with van der Waals surface area (Å²) in [7, 11) is 0. The summed E-state index contributed by atoms with van der Waals surface area (Å²) in [5, 5.41) is 3.80. The third-order valence-electron chi connectivity index (χ3n) is 4.52. The molecule has 1 aliphatic carbocycles. The second-order valence-corrected chi connectivity index (χ2v) is 6.14. The zero-order valence-corrected chi connectivity index (χ0v) is 12.6. The molecular weight excluding hydrogens is 230 g/mol. The van der Waals surface area contributed by atoms with Crippen molar-refractivity contribution in [1.29, 1.82) is 0 Å². The molecule has 1 aromatic carbocycles. The summed E-state index contributed by atoms with van der Waals surface area (Å²) in [6.07, 6.45) is 9.81. The quantitative estimate of drug-likeness (QED) is 0.733. The van der Waals surface area contributed by atoms with E-state index in [1.807, 2.05) is 0 Å². The zero-order chi connectivity index (χ0) is 13.5.